The number of aryl methyl sites for hydroxylation is 1. The van der Waals surface area contributed by atoms with Crippen LogP contribution in [0, 0.1) is 6.92 Å². The van der Waals surface area contributed by atoms with E-state index in [2.05, 4.69) is 36.1 Å². The predicted octanol–water partition coefficient (Wildman–Crippen LogP) is 1.95. The average molecular weight is 205 g/mol. The Kier molecular flexibility index (Phi) is 3.39. The van der Waals surface area contributed by atoms with Crippen molar-refractivity contribution in [1.82, 2.24) is 4.90 Å². The molecule has 2 nitrogen and oxygen atoms in total. The molecule has 0 bridgehead atoms. The third kappa shape index (κ3) is 2.39. The molecule has 1 aliphatic heterocycles. The molecule has 2 rings (SSSR count). The van der Waals surface area contributed by atoms with Gasteiger partial charge in [0.25, 0.3) is 0 Å². The van der Waals surface area contributed by atoms with E-state index in [0.29, 0.717) is 12.6 Å². The van der Waals surface area contributed by atoms with Crippen molar-refractivity contribution in [3.8, 4) is 0 Å². The molecule has 0 aliphatic carbocycles. The van der Waals surface area contributed by atoms with Crippen LogP contribution in [0.3, 0.4) is 0 Å². The summed E-state index contributed by atoms with van der Waals surface area (Å²) in [5, 5.41) is 9.24. The first kappa shape index (κ1) is 10.7. The third-order valence-corrected chi connectivity index (χ3v) is 3.34. The summed E-state index contributed by atoms with van der Waals surface area (Å²) in [6, 6.07) is 8.88. The average Bonchev–Trinajstić information content (AvgIpc) is 2.69. The summed E-state index contributed by atoms with van der Waals surface area (Å²) in [5.74, 6) is 0. The highest BCUT2D eigenvalue weighted by Gasteiger charge is 2.23. The van der Waals surface area contributed by atoms with Crippen LogP contribution in [0.1, 0.15) is 24.0 Å². The minimum absolute atomic E-state index is 0.298. The van der Waals surface area contributed by atoms with Crippen LogP contribution < -0.4 is 0 Å². The second-order valence-electron chi connectivity index (χ2n) is 4.38. The van der Waals surface area contributed by atoms with Crippen molar-refractivity contribution >= 4 is 0 Å². The number of aliphatic hydroxyl groups excluding tert-OH is 1. The van der Waals surface area contributed by atoms with Crippen LogP contribution >= 0.6 is 0 Å². The van der Waals surface area contributed by atoms with E-state index in [9.17, 15) is 5.11 Å². The van der Waals surface area contributed by atoms with Gasteiger partial charge in [0, 0.05) is 12.6 Å². The number of likely N-dealkylation sites (tertiary alicyclic amines) is 1. The SMILES string of the molecule is Cc1ccccc1CN1CCC[C@@H]1CO. The maximum Gasteiger partial charge on any atom is 0.0587 e. The zero-order chi connectivity index (χ0) is 10.7. The topological polar surface area (TPSA) is 23.5 Å². The van der Waals surface area contributed by atoms with Gasteiger partial charge in [0.2, 0.25) is 0 Å². The Balaban J connectivity index is 2.05. The van der Waals surface area contributed by atoms with E-state index in [0.717, 1.165) is 19.5 Å². The molecule has 15 heavy (non-hydrogen) atoms. The molecule has 0 spiro atoms. The van der Waals surface area contributed by atoms with Gasteiger partial charge in [0.15, 0.2) is 0 Å². The molecule has 0 radical (unpaired) electrons. The molecule has 1 fully saturated rings. The number of nitrogens with zero attached hydrogens (tertiary/aromatic N) is 1. The number of aliphatic hydroxyl groups is 1. The maximum atomic E-state index is 9.24. The van der Waals surface area contributed by atoms with Crippen molar-refractivity contribution in [3.05, 3.63) is 35.4 Å². The minimum Gasteiger partial charge on any atom is -0.395 e. The third-order valence-electron chi connectivity index (χ3n) is 3.34. The summed E-state index contributed by atoms with van der Waals surface area (Å²) in [6.45, 7) is 4.56. The normalized spacial score (nSPS) is 22.1. The van der Waals surface area contributed by atoms with Crippen LogP contribution in [0.5, 0.6) is 0 Å². The number of benzene rings is 1. The monoisotopic (exact) mass is 205 g/mol. The summed E-state index contributed by atoms with van der Waals surface area (Å²) in [6.07, 6.45) is 2.36. The van der Waals surface area contributed by atoms with Crippen LogP contribution in [-0.4, -0.2) is 29.2 Å². The minimum atomic E-state index is 0.298. The molecule has 1 saturated heterocycles. The molecule has 1 N–H and O–H groups in total. The van der Waals surface area contributed by atoms with Gasteiger partial charge in [0.1, 0.15) is 0 Å². The summed E-state index contributed by atoms with van der Waals surface area (Å²) < 4.78 is 0. The Bertz CT molecular complexity index is 324. The molecule has 1 heterocycles. The molecular weight excluding hydrogens is 186 g/mol. The van der Waals surface area contributed by atoms with Crippen molar-refractivity contribution in [2.75, 3.05) is 13.2 Å². The molecule has 0 aromatic heterocycles. The fourth-order valence-corrected chi connectivity index (χ4v) is 2.32. The highest BCUT2D eigenvalue weighted by atomic mass is 16.3. The summed E-state index contributed by atoms with van der Waals surface area (Å²) in [5.41, 5.74) is 2.74. The van der Waals surface area contributed by atoms with E-state index >= 15 is 0 Å². The van der Waals surface area contributed by atoms with Crippen molar-refractivity contribution in [1.29, 1.82) is 0 Å². The molecule has 1 aromatic rings. The van der Waals surface area contributed by atoms with Crippen LogP contribution in [0.15, 0.2) is 24.3 Å². The molecule has 0 amide bonds. The summed E-state index contributed by atoms with van der Waals surface area (Å²) in [7, 11) is 0. The van der Waals surface area contributed by atoms with Crippen LogP contribution in [0.2, 0.25) is 0 Å². The van der Waals surface area contributed by atoms with E-state index in [4.69, 9.17) is 0 Å². The van der Waals surface area contributed by atoms with E-state index in [1.54, 1.807) is 0 Å². The lowest BCUT2D eigenvalue weighted by Crippen LogP contribution is -2.31. The second kappa shape index (κ2) is 4.77. The fourth-order valence-electron chi connectivity index (χ4n) is 2.32. The molecule has 82 valence electrons. The van der Waals surface area contributed by atoms with Gasteiger partial charge in [-0.3, -0.25) is 4.90 Å². The highest BCUT2D eigenvalue weighted by molar-refractivity contribution is 5.25. The van der Waals surface area contributed by atoms with Gasteiger partial charge in [-0.15, -0.1) is 0 Å². The van der Waals surface area contributed by atoms with E-state index in [-0.39, 0.29) is 0 Å². The van der Waals surface area contributed by atoms with Crippen molar-refractivity contribution < 1.29 is 5.11 Å². The van der Waals surface area contributed by atoms with Crippen LogP contribution in [-0.2, 0) is 6.54 Å². The lowest BCUT2D eigenvalue weighted by atomic mass is 10.1. The Morgan fingerprint density at radius 1 is 1.40 bits per heavy atom. The van der Waals surface area contributed by atoms with Gasteiger partial charge < -0.3 is 5.11 Å². The van der Waals surface area contributed by atoms with E-state index in [1.807, 2.05) is 0 Å². The van der Waals surface area contributed by atoms with Crippen LogP contribution in [0.25, 0.3) is 0 Å². The summed E-state index contributed by atoms with van der Waals surface area (Å²) >= 11 is 0. The first-order valence-electron chi connectivity index (χ1n) is 5.70. The van der Waals surface area contributed by atoms with Gasteiger partial charge in [-0.05, 0) is 37.4 Å². The van der Waals surface area contributed by atoms with Crippen molar-refractivity contribution in [2.45, 2.75) is 32.4 Å². The molecule has 1 aromatic carbocycles. The molecule has 2 heteroatoms. The quantitative estimate of drug-likeness (QED) is 0.815. The maximum absolute atomic E-state index is 9.24. The Morgan fingerprint density at radius 2 is 2.20 bits per heavy atom. The standard InChI is InChI=1S/C13H19NO/c1-11-5-2-3-6-12(11)9-14-8-4-7-13(14)10-15/h2-3,5-6,13,15H,4,7-10H2,1H3/t13-/m1/s1. The molecule has 1 atom stereocenters. The lowest BCUT2D eigenvalue weighted by Gasteiger charge is -2.23. The number of hydrogen-bond donors (Lipinski definition) is 1. The molecule has 1 aliphatic rings. The Labute approximate surface area is 91.5 Å². The van der Waals surface area contributed by atoms with Crippen molar-refractivity contribution in [3.63, 3.8) is 0 Å². The number of hydrogen-bond acceptors (Lipinski definition) is 2. The second-order valence-corrected chi connectivity index (χ2v) is 4.38. The van der Waals surface area contributed by atoms with Gasteiger partial charge in [-0.1, -0.05) is 24.3 Å². The Morgan fingerprint density at radius 3 is 2.93 bits per heavy atom. The van der Waals surface area contributed by atoms with Gasteiger partial charge in [-0.25, -0.2) is 0 Å². The van der Waals surface area contributed by atoms with E-state index in [1.165, 1.54) is 17.5 Å². The zero-order valence-corrected chi connectivity index (χ0v) is 9.32. The fraction of sp³-hybridized carbons (Fsp3) is 0.538. The lowest BCUT2D eigenvalue weighted by molar-refractivity contribution is 0.153. The largest absolute Gasteiger partial charge is 0.395 e. The zero-order valence-electron chi connectivity index (χ0n) is 9.32. The highest BCUT2D eigenvalue weighted by Crippen LogP contribution is 2.20. The summed E-state index contributed by atoms with van der Waals surface area (Å²) in [4.78, 5) is 2.39. The van der Waals surface area contributed by atoms with Gasteiger partial charge in [-0.2, -0.15) is 0 Å². The number of rotatable bonds is 3. The van der Waals surface area contributed by atoms with Gasteiger partial charge >= 0.3 is 0 Å². The first-order chi connectivity index (χ1) is 7.31. The smallest absolute Gasteiger partial charge is 0.0587 e. The molecule has 0 saturated carbocycles. The molecule has 0 unspecified atom stereocenters. The van der Waals surface area contributed by atoms with Crippen LogP contribution in [0.4, 0.5) is 0 Å². The van der Waals surface area contributed by atoms with Gasteiger partial charge in [0.05, 0.1) is 6.61 Å². The van der Waals surface area contributed by atoms with E-state index < -0.39 is 0 Å². The Hall–Kier alpha value is -0.860. The van der Waals surface area contributed by atoms with Crippen molar-refractivity contribution in [2.24, 2.45) is 0 Å². The molecular formula is C13H19NO. The predicted molar refractivity (Wildman–Crippen MR) is 61.7 cm³/mol. The first-order valence-corrected chi connectivity index (χ1v) is 5.70.